The van der Waals surface area contributed by atoms with Crippen LogP contribution >= 0.6 is 11.6 Å². The van der Waals surface area contributed by atoms with Crippen molar-refractivity contribution in [1.29, 1.82) is 0 Å². The first kappa shape index (κ1) is 15.9. The Labute approximate surface area is 142 Å². The minimum Gasteiger partial charge on any atom is -0.338 e. The van der Waals surface area contributed by atoms with Gasteiger partial charge in [0.05, 0.1) is 10.7 Å². The Balaban J connectivity index is 1.67. The van der Waals surface area contributed by atoms with Crippen molar-refractivity contribution >= 4 is 34.8 Å². The van der Waals surface area contributed by atoms with Crippen LogP contribution in [0.4, 0.5) is 21.7 Å². The smallest absolute Gasteiger partial charge is 0.256 e. The second kappa shape index (κ2) is 7.06. The number of hydrogen-bond acceptors (Lipinski definition) is 4. The predicted molar refractivity (Wildman–Crippen MR) is 91.1 cm³/mol. The Morgan fingerprint density at radius 2 is 1.58 bits per heavy atom. The standard InChI is InChI=1S/C17H12ClFN4O/c18-13-3-1-2-4-14(13)20-15-9-10-16(23-22-15)21-17(24)11-5-7-12(19)8-6-11/h1-10H,(H,20,22)(H,21,23,24). The molecule has 0 radical (unpaired) electrons. The second-order valence-electron chi connectivity index (χ2n) is 4.87. The number of carbonyl (C=O) groups is 1. The van der Waals surface area contributed by atoms with Crippen LogP contribution in [0.3, 0.4) is 0 Å². The van der Waals surface area contributed by atoms with E-state index >= 15 is 0 Å². The molecule has 0 unspecified atom stereocenters. The predicted octanol–water partition coefficient (Wildman–Crippen LogP) is 4.27. The molecule has 24 heavy (non-hydrogen) atoms. The lowest BCUT2D eigenvalue weighted by atomic mass is 10.2. The first-order chi connectivity index (χ1) is 11.6. The molecular formula is C17H12ClFN4O. The fraction of sp³-hybridized carbons (Fsp3) is 0. The third kappa shape index (κ3) is 3.85. The lowest BCUT2D eigenvalue weighted by molar-refractivity contribution is 0.102. The molecule has 0 atom stereocenters. The second-order valence-corrected chi connectivity index (χ2v) is 5.28. The van der Waals surface area contributed by atoms with Gasteiger partial charge >= 0.3 is 0 Å². The van der Waals surface area contributed by atoms with Crippen LogP contribution in [0, 0.1) is 5.82 Å². The van der Waals surface area contributed by atoms with Gasteiger partial charge in [0, 0.05) is 5.56 Å². The maximum absolute atomic E-state index is 12.9. The van der Waals surface area contributed by atoms with Crippen LogP contribution in [0.15, 0.2) is 60.7 Å². The molecule has 0 aliphatic heterocycles. The molecule has 7 heteroatoms. The number of amides is 1. The molecule has 0 fully saturated rings. The van der Waals surface area contributed by atoms with E-state index in [4.69, 9.17) is 11.6 Å². The summed E-state index contributed by atoms with van der Waals surface area (Å²) in [7, 11) is 0. The maximum Gasteiger partial charge on any atom is 0.256 e. The van der Waals surface area contributed by atoms with Gasteiger partial charge in [0.15, 0.2) is 11.6 Å². The zero-order valence-corrected chi connectivity index (χ0v) is 13.1. The average Bonchev–Trinajstić information content (AvgIpc) is 2.59. The maximum atomic E-state index is 12.9. The van der Waals surface area contributed by atoms with Gasteiger partial charge in [0.25, 0.3) is 5.91 Å². The monoisotopic (exact) mass is 342 g/mol. The van der Waals surface area contributed by atoms with E-state index in [1.54, 1.807) is 18.2 Å². The van der Waals surface area contributed by atoms with E-state index in [-0.39, 0.29) is 5.82 Å². The molecule has 120 valence electrons. The van der Waals surface area contributed by atoms with Crippen LogP contribution in [0.2, 0.25) is 5.02 Å². The number of halogens is 2. The summed E-state index contributed by atoms with van der Waals surface area (Å²) in [6.07, 6.45) is 0. The van der Waals surface area contributed by atoms with Gasteiger partial charge in [0.2, 0.25) is 0 Å². The molecule has 0 spiro atoms. The first-order valence-corrected chi connectivity index (χ1v) is 7.42. The number of rotatable bonds is 4. The quantitative estimate of drug-likeness (QED) is 0.743. The lowest BCUT2D eigenvalue weighted by Crippen LogP contribution is -2.13. The molecule has 3 rings (SSSR count). The molecule has 2 N–H and O–H groups in total. The summed E-state index contributed by atoms with van der Waals surface area (Å²) in [5, 5.41) is 14.1. The lowest BCUT2D eigenvalue weighted by Gasteiger charge is -2.08. The van der Waals surface area contributed by atoms with Gasteiger partial charge in [-0.05, 0) is 48.5 Å². The van der Waals surface area contributed by atoms with Crippen molar-refractivity contribution < 1.29 is 9.18 Å². The van der Waals surface area contributed by atoms with E-state index in [0.29, 0.717) is 22.1 Å². The molecule has 1 heterocycles. The fourth-order valence-electron chi connectivity index (χ4n) is 1.96. The van der Waals surface area contributed by atoms with Crippen molar-refractivity contribution in [3.8, 4) is 0 Å². The number of anilines is 3. The Kier molecular flexibility index (Phi) is 4.67. The van der Waals surface area contributed by atoms with E-state index in [0.717, 1.165) is 0 Å². The highest BCUT2D eigenvalue weighted by Gasteiger charge is 2.08. The summed E-state index contributed by atoms with van der Waals surface area (Å²) in [5.74, 6) is -0.0191. The number of para-hydroxylation sites is 1. The Bertz CT molecular complexity index is 853. The molecule has 5 nitrogen and oxygen atoms in total. The first-order valence-electron chi connectivity index (χ1n) is 7.04. The van der Waals surface area contributed by atoms with Crippen LogP contribution in [-0.2, 0) is 0 Å². The van der Waals surface area contributed by atoms with E-state index < -0.39 is 11.7 Å². The third-order valence-electron chi connectivity index (χ3n) is 3.15. The molecule has 0 aliphatic carbocycles. The van der Waals surface area contributed by atoms with Gasteiger partial charge in [-0.1, -0.05) is 23.7 Å². The number of nitrogens with zero attached hydrogens (tertiary/aromatic N) is 2. The molecule has 0 saturated carbocycles. The van der Waals surface area contributed by atoms with E-state index in [1.807, 2.05) is 18.2 Å². The summed E-state index contributed by atoms with van der Waals surface area (Å²) in [6, 6.07) is 15.7. The summed E-state index contributed by atoms with van der Waals surface area (Å²) in [5.41, 5.74) is 1.04. The minimum atomic E-state index is -0.402. The van der Waals surface area contributed by atoms with Crippen molar-refractivity contribution in [2.75, 3.05) is 10.6 Å². The average molecular weight is 343 g/mol. The Hall–Kier alpha value is -2.99. The van der Waals surface area contributed by atoms with Crippen molar-refractivity contribution in [2.45, 2.75) is 0 Å². The Morgan fingerprint density at radius 1 is 0.917 bits per heavy atom. The number of aromatic nitrogens is 2. The SMILES string of the molecule is O=C(Nc1ccc(Nc2ccccc2Cl)nn1)c1ccc(F)cc1. The fourth-order valence-corrected chi connectivity index (χ4v) is 2.14. The molecule has 2 aromatic carbocycles. The minimum absolute atomic E-state index is 0.286. The molecule has 0 saturated heterocycles. The van der Waals surface area contributed by atoms with Gasteiger partial charge in [0.1, 0.15) is 5.82 Å². The van der Waals surface area contributed by atoms with Crippen molar-refractivity contribution in [1.82, 2.24) is 10.2 Å². The molecule has 1 amide bonds. The number of nitrogens with one attached hydrogen (secondary N) is 2. The Morgan fingerprint density at radius 3 is 2.25 bits per heavy atom. The zero-order chi connectivity index (χ0) is 16.9. The van der Waals surface area contributed by atoms with Crippen LogP contribution in [0.1, 0.15) is 10.4 Å². The highest BCUT2D eigenvalue weighted by molar-refractivity contribution is 6.33. The third-order valence-corrected chi connectivity index (χ3v) is 3.48. The van der Waals surface area contributed by atoms with Gasteiger partial charge in [-0.15, -0.1) is 10.2 Å². The summed E-state index contributed by atoms with van der Waals surface area (Å²) >= 11 is 6.06. The van der Waals surface area contributed by atoms with Crippen molar-refractivity contribution in [2.24, 2.45) is 0 Å². The van der Waals surface area contributed by atoms with Crippen LogP contribution < -0.4 is 10.6 Å². The zero-order valence-electron chi connectivity index (χ0n) is 12.3. The largest absolute Gasteiger partial charge is 0.338 e. The van der Waals surface area contributed by atoms with Gasteiger partial charge < -0.3 is 10.6 Å². The normalized spacial score (nSPS) is 10.2. The van der Waals surface area contributed by atoms with E-state index in [2.05, 4.69) is 20.8 Å². The van der Waals surface area contributed by atoms with E-state index in [1.165, 1.54) is 24.3 Å². The van der Waals surface area contributed by atoms with Crippen LogP contribution in [0.25, 0.3) is 0 Å². The molecule has 3 aromatic rings. The highest BCUT2D eigenvalue weighted by Crippen LogP contribution is 2.23. The number of benzene rings is 2. The van der Waals surface area contributed by atoms with Crippen molar-refractivity contribution in [3.05, 3.63) is 77.1 Å². The van der Waals surface area contributed by atoms with Crippen molar-refractivity contribution in [3.63, 3.8) is 0 Å². The summed E-state index contributed by atoms with van der Waals surface area (Å²) in [4.78, 5) is 12.0. The number of hydrogen-bond donors (Lipinski definition) is 2. The molecule has 0 aliphatic rings. The van der Waals surface area contributed by atoms with Crippen LogP contribution in [0.5, 0.6) is 0 Å². The van der Waals surface area contributed by atoms with Gasteiger partial charge in [-0.2, -0.15) is 0 Å². The van der Waals surface area contributed by atoms with Gasteiger partial charge in [-0.3, -0.25) is 4.79 Å². The van der Waals surface area contributed by atoms with E-state index in [9.17, 15) is 9.18 Å². The summed E-state index contributed by atoms with van der Waals surface area (Å²) in [6.45, 7) is 0. The molecular weight excluding hydrogens is 331 g/mol. The molecule has 0 bridgehead atoms. The topological polar surface area (TPSA) is 66.9 Å². The summed E-state index contributed by atoms with van der Waals surface area (Å²) < 4.78 is 12.9. The van der Waals surface area contributed by atoms with Gasteiger partial charge in [-0.25, -0.2) is 4.39 Å². The van der Waals surface area contributed by atoms with Crippen LogP contribution in [-0.4, -0.2) is 16.1 Å². The highest BCUT2D eigenvalue weighted by atomic mass is 35.5. The molecule has 1 aromatic heterocycles. The number of carbonyl (C=O) groups excluding carboxylic acids is 1.